The van der Waals surface area contributed by atoms with Crippen LogP contribution in [-0.4, -0.2) is 23.1 Å². The number of aromatic nitrogens is 1. The Morgan fingerprint density at radius 2 is 2.18 bits per heavy atom. The van der Waals surface area contributed by atoms with Crippen molar-refractivity contribution in [1.82, 2.24) is 10.3 Å². The van der Waals surface area contributed by atoms with Gasteiger partial charge in [-0.3, -0.25) is 9.78 Å². The van der Waals surface area contributed by atoms with Gasteiger partial charge in [-0.05, 0) is 44.9 Å². The third kappa shape index (κ3) is 5.45. The number of amides is 1. The number of carbonyl (C=O) groups excluding carboxylic acids is 1. The molecule has 0 aliphatic carbocycles. The SMILES string of the molecule is Cc1cnccc1CNC(=O)COC(C)(C)C. The van der Waals surface area contributed by atoms with Crippen molar-refractivity contribution < 1.29 is 9.53 Å². The van der Waals surface area contributed by atoms with E-state index in [1.54, 1.807) is 12.4 Å². The molecule has 0 unspecified atom stereocenters. The molecule has 0 saturated heterocycles. The molecule has 0 radical (unpaired) electrons. The fourth-order valence-corrected chi connectivity index (χ4v) is 1.23. The molecule has 17 heavy (non-hydrogen) atoms. The maximum atomic E-state index is 11.5. The average Bonchev–Trinajstić information content (AvgIpc) is 2.24. The summed E-state index contributed by atoms with van der Waals surface area (Å²) in [5.41, 5.74) is 1.86. The molecule has 1 rings (SSSR count). The predicted molar refractivity (Wildman–Crippen MR) is 66.5 cm³/mol. The van der Waals surface area contributed by atoms with Crippen molar-refractivity contribution in [3.8, 4) is 0 Å². The third-order valence-corrected chi connectivity index (χ3v) is 2.25. The summed E-state index contributed by atoms with van der Waals surface area (Å²) in [6, 6.07) is 1.90. The number of ether oxygens (including phenoxy) is 1. The molecule has 1 heterocycles. The van der Waals surface area contributed by atoms with Crippen LogP contribution >= 0.6 is 0 Å². The van der Waals surface area contributed by atoms with Gasteiger partial charge in [-0.2, -0.15) is 0 Å². The lowest BCUT2D eigenvalue weighted by Crippen LogP contribution is -2.31. The minimum absolute atomic E-state index is 0.0909. The first kappa shape index (κ1) is 13.6. The van der Waals surface area contributed by atoms with Crippen LogP contribution in [-0.2, 0) is 16.1 Å². The van der Waals surface area contributed by atoms with Crippen LogP contribution in [0, 0.1) is 6.92 Å². The highest BCUT2D eigenvalue weighted by atomic mass is 16.5. The molecule has 94 valence electrons. The Balaban J connectivity index is 2.36. The molecule has 1 N–H and O–H groups in total. The smallest absolute Gasteiger partial charge is 0.246 e. The van der Waals surface area contributed by atoms with E-state index >= 15 is 0 Å². The summed E-state index contributed by atoms with van der Waals surface area (Å²) in [6.07, 6.45) is 3.51. The molecule has 0 atom stereocenters. The quantitative estimate of drug-likeness (QED) is 0.867. The topological polar surface area (TPSA) is 51.2 Å². The average molecular weight is 236 g/mol. The van der Waals surface area contributed by atoms with Crippen molar-refractivity contribution in [2.75, 3.05) is 6.61 Å². The van der Waals surface area contributed by atoms with Crippen LogP contribution in [0.15, 0.2) is 18.5 Å². The summed E-state index contributed by atoms with van der Waals surface area (Å²) >= 11 is 0. The van der Waals surface area contributed by atoms with Gasteiger partial charge in [-0.15, -0.1) is 0 Å². The van der Waals surface area contributed by atoms with Gasteiger partial charge in [0.15, 0.2) is 0 Å². The number of rotatable bonds is 4. The van der Waals surface area contributed by atoms with Crippen molar-refractivity contribution in [3.63, 3.8) is 0 Å². The van der Waals surface area contributed by atoms with E-state index in [2.05, 4.69) is 10.3 Å². The van der Waals surface area contributed by atoms with Crippen LogP contribution in [0.3, 0.4) is 0 Å². The van der Waals surface area contributed by atoms with Gasteiger partial charge in [0.05, 0.1) is 5.60 Å². The molecule has 1 aromatic rings. The van der Waals surface area contributed by atoms with Gasteiger partial charge in [-0.1, -0.05) is 0 Å². The molecule has 0 saturated carbocycles. The summed E-state index contributed by atoms with van der Waals surface area (Å²) in [6.45, 7) is 8.35. The van der Waals surface area contributed by atoms with Gasteiger partial charge in [-0.25, -0.2) is 0 Å². The van der Waals surface area contributed by atoms with E-state index in [1.807, 2.05) is 33.8 Å². The van der Waals surface area contributed by atoms with Crippen LogP contribution < -0.4 is 5.32 Å². The summed E-state index contributed by atoms with van der Waals surface area (Å²) in [7, 11) is 0. The van der Waals surface area contributed by atoms with Crippen molar-refractivity contribution in [3.05, 3.63) is 29.6 Å². The van der Waals surface area contributed by atoms with Gasteiger partial charge in [0.2, 0.25) is 5.91 Å². The maximum Gasteiger partial charge on any atom is 0.246 e. The highest BCUT2D eigenvalue weighted by Gasteiger charge is 2.12. The van der Waals surface area contributed by atoms with Crippen LogP contribution in [0.5, 0.6) is 0 Å². The number of carbonyl (C=O) groups is 1. The van der Waals surface area contributed by atoms with Crippen molar-refractivity contribution >= 4 is 5.91 Å². The maximum absolute atomic E-state index is 11.5. The molecular weight excluding hydrogens is 216 g/mol. The van der Waals surface area contributed by atoms with E-state index in [4.69, 9.17) is 4.74 Å². The zero-order valence-corrected chi connectivity index (χ0v) is 10.9. The number of nitrogens with one attached hydrogen (secondary N) is 1. The van der Waals surface area contributed by atoms with Gasteiger partial charge in [0.25, 0.3) is 0 Å². The number of pyridine rings is 1. The van der Waals surface area contributed by atoms with Gasteiger partial charge >= 0.3 is 0 Å². The van der Waals surface area contributed by atoms with Crippen LogP contribution in [0.4, 0.5) is 0 Å². The van der Waals surface area contributed by atoms with Gasteiger partial charge < -0.3 is 10.1 Å². The normalized spacial score (nSPS) is 11.3. The van der Waals surface area contributed by atoms with Crippen LogP contribution in [0.2, 0.25) is 0 Å². The Morgan fingerprint density at radius 3 is 2.76 bits per heavy atom. The Morgan fingerprint density at radius 1 is 1.47 bits per heavy atom. The Kier molecular flexibility index (Phi) is 4.63. The summed E-state index contributed by atoms with van der Waals surface area (Å²) in [5, 5.41) is 2.82. The number of aryl methyl sites for hydroxylation is 1. The first-order valence-electron chi connectivity index (χ1n) is 5.68. The molecule has 0 aliphatic heterocycles. The molecule has 0 aromatic carbocycles. The lowest BCUT2D eigenvalue weighted by molar-refractivity contribution is -0.130. The Labute approximate surface area is 102 Å². The minimum Gasteiger partial charge on any atom is -0.366 e. The monoisotopic (exact) mass is 236 g/mol. The van der Waals surface area contributed by atoms with E-state index in [1.165, 1.54) is 0 Å². The molecular formula is C13H20N2O2. The second-order valence-electron chi connectivity index (χ2n) is 4.98. The van der Waals surface area contributed by atoms with Crippen molar-refractivity contribution in [2.45, 2.75) is 39.8 Å². The van der Waals surface area contributed by atoms with E-state index in [9.17, 15) is 4.79 Å². The molecule has 0 fully saturated rings. The molecule has 4 heteroatoms. The summed E-state index contributed by atoms with van der Waals surface area (Å²) in [5.74, 6) is -0.101. The molecule has 4 nitrogen and oxygen atoms in total. The lowest BCUT2D eigenvalue weighted by Gasteiger charge is -2.19. The van der Waals surface area contributed by atoms with E-state index in [0.29, 0.717) is 6.54 Å². The van der Waals surface area contributed by atoms with Gasteiger partial charge in [0, 0.05) is 18.9 Å². The standard InChI is InChI=1S/C13H20N2O2/c1-10-7-14-6-5-11(10)8-15-12(16)9-17-13(2,3)4/h5-7H,8-9H2,1-4H3,(H,15,16). The molecule has 0 aliphatic rings. The van der Waals surface area contributed by atoms with Crippen LogP contribution in [0.25, 0.3) is 0 Å². The Bertz CT molecular complexity index is 383. The number of hydrogen-bond acceptors (Lipinski definition) is 3. The fourth-order valence-electron chi connectivity index (χ4n) is 1.23. The Hall–Kier alpha value is -1.42. The third-order valence-electron chi connectivity index (χ3n) is 2.25. The summed E-state index contributed by atoms with van der Waals surface area (Å²) < 4.78 is 5.39. The molecule has 0 spiro atoms. The lowest BCUT2D eigenvalue weighted by atomic mass is 10.1. The van der Waals surface area contributed by atoms with Gasteiger partial charge in [0.1, 0.15) is 6.61 Å². The second kappa shape index (κ2) is 5.77. The van der Waals surface area contributed by atoms with Crippen LogP contribution in [0.1, 0.15) is 31.9 Å². The molecule has 1 amide bonds. The fraction of sp³-hybridized carbons (Fsp3) is 0.538. The highest BCUT2D eigenvalue weighted by molar-refractivity contribution is 5.77. The minimum atomic E-state index is -0.288. The van der Waals surface area contributed by atoms with E-state index < -0.39 is 0 Å². The molecule has 0 bridgehead atoms. The van der Waals surface area contributed by atoms with Crippen molar-refractivity contribution in [2.24, 2.45) is 0 Å². The number of nitrogens with zero attached hydrogens (tertiary/aromatic N) is 1. The first-order chi connectivity index (χ1) is 7.88. The van der Waals surface area contributed by atoms with Crippen molar-refractivity contribution in [1.29, 1.82) is 0 Å². The van der Waals surface area contributed by atoms with E-state index in [-0.39, 0.29) is 18.1 Å². The highest BCUT2D eigenvalue weighted by Crippen LogP contribution is 2.06. The first-order valence-corrected chi connectivity index (χ1v) is 5.68. The van der Waals surface area contributed by atoms with E-state index in [0.717, 1.165) is 11.1 Å². The zero-order chi connectivity index (χ0) is 12.9. The predicted octanol–water partition coefficient (Wildman–Crippen LogP) is 1.82. The second-order valence-corrected chi connectivity index (χ2v) is 4.98. The molecule has 1 aromatic heterocycles. The number of hydrogen-bond donors (Lipinski definition) is 1. The largest absolute Gasteiger partial charge is 0.366 e. The summed E-state index contributed by atoms with van der Waals surface area (Å²) in [4.78, 5) is 15.5. The zero-order valence-electron chi connectivity index (χ0n) is 10.9.